The molecule has 0 spiro atoms. The van der Waals surface area contributed by atoms with E-state index in [1.807, 2.05) is 35.0 Å². The van der Waals surface area contributed by atoms with Gasteiger partial charge in [-0.2, -0.15) is 5.10 Å². The normalized spacial score (nSPS) is 22.9. The number of nitrogens with zero attached hydrogens (tertiary/aromatic N) is 2. The van der Waals surface area contributed by atoms with Gasteiger partial charge < -0.3 is 5.11 Å². The Morgan fingerprint density at radius 2 is 1.90 bits per heavy atom. The highest BCUT2D eigenvalue weighted by Crippen LogP contribution is 2.54. The summed E-state index contributed by atoms with van der Waals surface area (Å²) in [5.74, 6) is 0.787. The van der Waals surface area contributed by atoms with Gasteiger partial charge in [-0.1, -0.05) is 36.4 Å². The van der Waals surface area contributed by atoms with E-state index in [1.54, 1.807) is 6.20 Å². The first-order chi connectivity index (χ1) is 9.84. The Kier molecular flexibility index (Phi) is 2.60. The number of fused-ring (bicyclic) bond motifs is 1. The summed E-state index contributed by atoms with van der Waals surface area (Å²) in [5.41, 5.74) is 3.26. The fraction of sp³-hybridized carbons (Fsp3) is 0.235. The van der Waals surface area contributed by atoms with Gasteiger partial charge in [0.1, 0.15) is 0 Å². The van der Waals surface area contributed by atoms with Gasteiger partial charge >= 0.3 is 0 Å². The minimum atomic E-state index is -0.430. The van der Waals surface area contributed by atoms with Crippen LogP contribution in [0.5, 0.6) is 0 Å². The molecular weight excluding hydrogens is 248 g/mol. The van der Waals surface area contributed by atoms with Gasteiger partial charge in [0.05, 0.1) is 17.8 Å². The lowest BCUT2D eigenvalue weighted by Gasteiger charge is -2.09. The van der Waals surface area contributed by atoms with Crippen LogP contribution in [0.1, 0.15) is 29.6 Å². The van der Waals surface area contributed by atoms with E-state index >= 15 is 0 Å². The van der Waals surface area contributed by atoms with Crippen LogP contribution in [0.3, 0.4) is 0 Å². The molecule has 1 N–H and O–H groups in total. The number of benzene rings is 1. The summed E-state index contributed by atoms with van der Waals surface area (Å²) in [6.07, 6.45) is 4.32. The Morgan fingerprint density at radius 3 is 2.75 bits per heavy atom. The van der Waals surface area contributed by atoms with Crippen molar-refractivity contribution in [3.63, 3.8) is 0 Å². The predicted octanol–water partition coefficient (Wildman–Crippen LogP) is 3.17. The maximum Gasteiger partial charge on any atom is 0.0860 e. The lowest BCUT2D eigenvalue weighted by molar-refractivity contribution is 0.152. The molecule has 3 atom stereocenters. The molecule has 4 rings (SSSR count). The SMILES string of the molecule is OC(c1cnn2ccccc12)C1CC1c1ccccc1. The lowest BCUT2D eigenvalue weighted by atomic mass is 10.0. The van der Waals surface area contributed by atoms with Gasteiger partial charge in [0.15, 0.2) is 0 Å². The lowest BCUT2D eigenvalue weighted by Crippen LogP contribution is -2.01. The van der Waals surface area contributed by atoms with Gasteiger partial charge in [0, 0.05) is 11.8 Å². The van der Waals surface area contributed by atoms with Crippen LogP contribution in [0.2, 0.25) is 0 Å². The molecule has 1 aliphatic carbocycles. The molecule has 3 heteroatoms. The van der Waals surface area contributed by atoms with Gasteiger partial charge in [0.2, 0.25) is 0 Å². The minimum absolute atomic E-state index is 0.311. The first-order valence-electron chi connectivity index (χ1n) is 7.00. The average Bonchev–Trinajstić information content (AvgIpc) is 3.20. The molecule has 20 heavy (non-hydrogen) atoms. The molecule has 100 valence electrons. The zero-order valence-electron chi connectivity index (χ0n) is 11.1. The van der Waals surface area contributed by atoms with Crippen molar-refractivity contribution in [3.8, 4) is 0 Å². The zero-order valence-corrected chi connectivity index (χ0v) is 11.1. The molecule has 3 unspecified atom stereocenters. The van der Waals surface area contributed by atoms with Gasteiger partial charge in [-0.05, 0) is 36.0 Å². The second-order valence-electron chi connectivity index (χ2n) is 5.49. The molecule has 0 amide bonds. The van der Waals surface area contributed by atoms with Crippen LogP contribution >= 0.6 is 0 Å². The fourth-order valence-electron chi connectivity index (χ4n) is 3.06. The summed E-state index contributed by atoms with van der Waals surface area (Å²) in [6, 6.07) is 16.4. The summed E-state index contributed by atoms with van der Waals surface area (Å²) in [5, 5.41) is 14.9. The second kappa shape index (κ2) is 4.46. The third kappa shape index (κ3) is 1.82. The molecule has 2 aromatic heterocycles. The Bertz CT molecular complexity index is 735. The van der Waals surface area contributed by atoms with Crippen LogP contribution in [0.15, 0.2) is 60.9 Å². The maximum absolute atomic E-state index is 10.6. The highest BCUT2D eigenvalue weighted by molar-refractivity contribution is 5.55. The number of rotatable bonds is 3. The van der Waals surface area contributed by atoms with E-state index in [2.05, 4.69) is 29.4 Å². The molecule has 1 fully saturated rings. The van der Waals surface area contributed by atoms with Crippen molar-refractivity contribution < 1.29 is 5.11 Å². The van der Waals surface area contributed by atoms with Crippen molar-refractivity contribution >= 4 is 5.52 Å². The monoisotopic (exact) mass is 264 g/mol. The molecule has 0 bridgehead atoms. The molecular formula is C17H16N2O. The van der Waals surface area contributed by atoms with E-state index in [1.165, 1.54) is 5.56 Å². The number of aromatic nitrogens is 2. The van der Waals surface area contributed by atoms with Crippen molar-refractivity contribution in [2.24, 2.45) is 5.92 Å². The van der Waals surface area contributed by atoms with Crippen LogP contribution in [-0.2, 0) is 0 Å². The van der Waals surface area contributed by atoms with Crippen molar-refractivity contribution in [2.75, 3.05) is 0 Å². The van der Waals surface area contributed by atoms with Crippen LogP contribution in [0, 0.1) is 5.92 Å². The summed E-state index contributed by atoms with van der Waals surface area (Å²) >= 11 is 0. The van der Waals surface area contributed by atoms with E-state index in [0.29, 0.717) is 11.8 Å². The number of pyridine rings is 1. The topological polar surface area (TPSA) is 37.5 Å². The Morgan fingerprint density at radius 1 is 1.10 bits per heavy atom. The number of aliphatic hydroxyl groups excluding tert-OH is 1. The van der Waals surface area contributed by atoms with Crippen LogP contribution in [-0.4, -0.2) is 14.7 Å². The van der Waals surface area contributed by atoms with Gasteiger partial charge in [0.25, 0.3) is 0 Å². The standard InChI is InChI=1S/C17H16N2O/c20-17(14-10-13(14)12-6-2-1-3-7-12)15-11-18-19-9-5-4-8-16(15)19/h1-9,11,13-14,17,20H,10H2. The largest absolute Gasteiger partial charge is 0.388 e. The molecule has 0 radical (unpaired) electrons. The number of hydrogen-bond acceptors (Lipinski definition) is 2. The Labute approximate surface area is 117 Å². The smallest absolute Gasteiger partial charge is 0.0860 e. The zero-order chi connectivity index (χ0) is 13.5. The first kappa shape index (κ1) is 11.7. The van der Waals surface area contributed by atoms with Gasteiger partial charge in [-0.25, -0.2) is 4.52 Å². The predicted molar refractivity (Wildman–Crippen MR) is 77.4 cm³/mol. The minimum Gasteiger partial charge on any atom is -0.388 e. The summed E-state index contributed by atoms with van der Waals surface area (Å²) < 4.78 is 1.82. The summed E-state index contributed by atoms with van der Waals surface area (Å²) in [6.45, 7) is 0. The van der Waals surface area contributed by atoms with E-state index < -0.39 is 6.10 Å². The molecule has 3 nitrogen and oxygen atoms in total. The highest BCUT2D eigenvalue weighted by atomic mass is 16.3. The van der Waals surface area contributed by atoms with Crippen LogP contribution < -0.4 is 0 Å². The first-order valence-corrected chi connectivity index (χ1v) is 7.00. The van der Waals surface area contributed by atoms with Crippen LogP contribution in [0.4, 0.5) is 0 Å². The Balaban J connectivity index is 1.61. The van der Waals surface area contributed by atoms with E-state index in [-0.39, 0.29) is 0 Å². The molecule has 0 aliphatic heterocycles. The van der Waals surface area contributed by atoms with E-state index in [4.69, 9.17) is 0 Å². The number of hydrogen-bond donors (Lipinski definition) is 1. The quantitative estimate of drug-likeness (QED) is 0.789. The highest BCUT2D eigenvalue weighted by Gasteiger charge is 2.44. The summed E-state index contributed by atoms with van der Waals surface area (Å²) in [4.78, 5) is 0. The van der Waals surface area contributed by atoms with Crippen molar-refractivity contribution in [2.45, 2.75) is 18.4 Å². The second-order valence-corrected chi connectivity index (χ2v) is 5.49. The molecule has 1 aromatic carbocycles. The molecule has 1 aliphatic rings. The van der Waals surface area contributed by atoms with E-state index in [9.17, 15) is 5.11 Å². The molecule has 1 saturated carbocycles. The summed E-state index contributed by atoms with van der Waals surface area (Å²) in [7, 11) is 0. The Hall–Kier alpha value is -2.13. The van der Waals surface area contributed by atoms with Crippen molar-refractivity contribution in [1.82, 2.24) is 9.61 Å². The molecule has 3 aromatic rings. The van der Waals surface area contributed by atoms with Crippen molar-refractivity contribution in [3.05, 3.63) is 72.1 Å². The van der Waals surface area contributed by atoms with Crippen molar-refractivity contribution in [1.29, 1.82) is 0 Å². The molecule has 0 saturated heterocycles. The fourth-order valence-corrected chi connectivity index (χ4v) is 3.06. The van der Waals surface area contributed by atoms with Gasteiger partial charge in [-0.15, -0.1) is 0 Å². The van der Waals surface area contributed by atoms with Crippen LogP contribution in [0.25, 0.3) is 5.52 Å². The third-order valence-electron chi connectivity index (χ3n) is 4.25. The third-order valence-corrected chi connectivity index (χ3v) is 4.25. The van der Waals surface area contributed by atoms with E-state index in [0.717, 1.165) is 17.5 Å². The maximum atomic E-state index is 10.6. The molecule has 2 heterocycles. The average molecular weight is 264 g/mol. The number of aliphatic hydroxyl groups is 1. The van der Waals surface area contributed by atoms with Gasteiger partial charge in [-0.3, -0.25) is 0 Å².